The van der Waals surface area contributed by atoms with Crippen molar-refractivity contribution in [2.45, 2.75) is 0 Å². The van der Waals surface area contributed by atoms with Crippen LogP contribution in [0.15, 0.2) is 18.2 Å². The van der Waals surface area contributed by atoms with Crippen LogP contribution in [0.3, 0.4) is 0 Å². The Morgan fingerprint density at radius 1 is 1.70 bits per heavy atom. The van der Waals surface area contributed by atoms with E-state index in [1.165, 1.54) is 12.1 Å². The molecule has 1 aromatic carbocycles. The summed E-state index contributed by atoms with van der Waals surface area (Å²) >= 11 is 0. The largest absolute Gasteiger partial charge is 0.366 e. The number of hydrogen-bond acceptors (Lipinski definition) is 1. The molecule has 0 fully saturated rings. The predicted molar refractivity (Wildman–Crippen MR) is 33.8 cm³/mol. The number of carbonyl (C=O) groups is 1. The van der Waals surface area contributed by atoms with Crippen LogP contribution in [0.5, 0.6) is 0 Å². The van der Waals surface area contributed by atoms with Crippen molar-refractivity contribution in [3.8, 4) is 0 Å². The molecule has 0 atom stereocenters. The third kappa shape index (κ3) is 1.31. The molecular formula is C7H5FNO. The van der Waals surface area contributed by atoms with Gasteiger partial charge in [0.05, 0.1) is 0 Å². The van der Waals surface area contributed by atoms with E-state index < -0.39 is 11.7 Å². The number of carbonyl (C=O) groups excluding carboxylic acids is 1. The lowest BCUT2D eigenvalue weighted by Crippen LogP contribution is -2.10. The average molecular weight is 138 g/mol. The summed E-state index contributed by atoms with van der Waals surface area (Å²) in [4.78, 5) is 10.4. The van der Waals surface area contributed by atoms with Crippen LogP contribution in [0.4, 0.5) is 4.39 Å². The normalized spacial score (nSPS) is 9.30. The highest BCUT2D eigenvalue weighted by atomic mass is 19.1. The fourth-order valence-corrected chi connectivity index (χ4v) is 0.591. The molecule has 0 saturated heterocycles. The van der Waals surface area contributed by atoms with Crippen molar-refractivity contribution in [1.29, 1.82) is 0 Å². The maximum absolute atomic E-state index is 12.3. The van der Waals surface area contributed by atoms with E-state index in [1.54, 1.807) is 0 Å². The predicted octanol–water partition coefficient (Wildman–Crippen LogP) is 0.725. The van der Waals surface area contributed by atoms with Gasteiger partial charge in [-0.1, -0.05) is 6.07 Å². The first kappa shape index (κ1) is 6.74. The minimum absolute atomic E-state index is 0.163. The zero-order chi connectivity index (χ0) is 7.56. The molecule has 0 aliphatic rings. The van der Waals surface area contributed by atoms with E-state index in [1.807, 2.05) is 0 Å². The highest BCUT2D eigenvalue weighted by Gasteiger charge is 1.99. The molecule has 3 heteroatoms. The van der Waals surface area contributed by atoms with Crippen LogP contribution in [0.2, 0.25) is 0 Å². The molecule has 0 unspecified atom stereocenters. The van der Waals surface area contributed by atoms with E-state index >= 15 is 0 Å². The summed E-state index contributed by atoms with van der Waals surface area (Å²) in [6.45, 7) is 0. The number of rotatable bonds is 1. The third-order valence-electron chi connectivity index (χ3n) is 1.05. The number of primary amides is 1. The summed E-state index contributed by atoms with van der Waals surface area (Å²) < 4.78 is 12.3. The summed E-state index contributed by atoms with van der Waals surface area (Å²) in [5.74, 6) is -1.20. The van der Waals surface area contributed by atoms with E-state index in [0.29, 0.717) is 0 Å². The maximum atomic E-state index is 12.3. The van der Waals surface area contributed by atoms with Crippen molar-refractivity contribution in [2.24, 2.45) is 5.73 Å². The lowest BCUT2D eigenvalue weighted by molar-refractivity contribution is 0.1000. The van der Waals surface area contributed by atoms with Crippen LogP contribution in [0.25, 0.3) is 0 Å². The molecule has 51 valence electrons. The molecule has 0 heterocycles. The first-order valence-electron chi connectivity index (χ1n) is 2.67. The molecule has 0 saturated carbocycles. The molecule has 0 spiro atoms. The van der Waals surface area contributed by atoms with Gasteiger partial charge in [-0.25, -0.2) is 4.39 Å². The highest BCUT2D eigenvalue weighted by molar-refractivity contribution is 5.92. The van der Waals surface area contributed by atoms with E-state index in [0.717, 1.165) is 6.07 Å². The molecule has 10 heavy (non-hydrogen) atoms. The number of nitrogens with two attached hydrogens (primary N) is 1. The Morgan fingerprint density at radius 2 is 2.40 bits per heavy atom. The summed E-state index contributed by atoms with van der Waals surface area (Å²) in [6.07, 6.45) is 0. The molecule has 0 bridgehead atoms. The van der Waals surface area contributed by atoms with Gasteiger partial charge in [0.1, 0.15) is 5.82 Å². The molecule has 0 aromatic heterocycles. The topological polar surface area (TPSA) is 43.1 Å². The third-order valence-corrected chi connectivity index (χ3v) is 1.05. The van der Waals surface area contributed by atoms with Crippen molar-refractivity contribution < 1.29 is 9.18 Å². The van der Waals surface area contributed by atoms with Gasteiger partial charge < -0.3 is 5.73 Å². The average Bonchev–Trinajstić information content (AvgIpc) is 1.88. The Kier molecular flexibility index (Phi) is 1.67. The van der Waals surface area contributed by atoms with E-state index in [4.69, 9.17) is 5.73 Å². The Morgan fingerprint density at radius 3 is 2.80 bits per heavy atom. The number of hydrogen-bond donors (Lipinski definition) is 1. The zero-order valence-electron chi connectivity index (χ0n) is 5.10. The Balaban J connectivity index is 3.07. The molecule has 0 aliphatic heterocycles. The van der Waals surface area contributed by atoms with Gasteiger partial charge in [-0.3, -0.25) is 4.79 Å². The lowest BCUT2D eigenvalue weighted by atomic mass is 10.2. The quantitative estimate of drug-likeness (QED) is 0.610. The second-order valence-electron chi connectivity index (χ2n) is 1.79. The molecule has 1 rings (SSSR count). The van der Waals surface area contributed by atoms with Gasteiger partial charge in [-0.05, 0) is 12.1 Å². The van der Waals surface area contributed by atoms with Crippen molar-refractivity contribution in [2.75, 3.05) is 0 Å². The van der Waals surface area contributed by atoms with Gasteiger partial charge >= 0.3 is 0 Å². The van der Waals surface area contributed by atoms with Crippen molar-refractivity contribution in [1.82, 2.24) is 0 Å². The lowest BCUT2D eigenvalue weighted by Gasteiger charge is -1.91. The summed E-state index contributed by atoms with van der Waals surface area (Å²) in [6, 6.07) is 6.02. The van der Waals surface area contributed by atoms with Crippen LogP contribution < -0.4 is 5.73 Å². The van der Waals surface area contributed by atoms with Gasteiger partial charge in [0.15, 0.2) is 0 Å². The fourth-order valence-electron chi connectivity index (χ4n) is 0.591. The van der Waals surface area contributed by atoms with Crippen molar-refractivity contribution in [3.05, 3.63) is 35.6 Å². The van der Waals surface area contributed by atoms with Gasteiger partial charge in [0, 0.05) is 11.6 Å². The smallest absolute Gasteiger partial charge is 0.248 e. The summed E-state index contributed by atoms with van der Waals surface area (Å²) in [7, 11) is 0. The Bertz CT molecular complexity index is 260. The zero-order valence-corrected chi connectivity index (χ0v) is 5.10. The Labute approximate surface area is 57.5 Å². The second-order valence-corrected chi connectivity index (χ2v) is 1.79. The second kappa shape index (κ2) is 2.47. The molecule has 0 aliphatic carbocycles. The van der Waals surface area contributed by atoms with Gasteiger partial charge in [0.25, 0.3) is 0 Å². The fraction of sp³-hybridized carbons (Fsp3) is 0. The first-order valence-corrected chi connectivity index (χ1v) is 2.67. The van der Waals surface area contributed by atoms with E-state index in [2.05, 4.69) is 6.07 Å². The number of benzene rings is 1. The van der Waals surface area contributed by atoms with Crippen LogP contribution in [-0.2, 0) is 0 Å². The minimum Gasteiger partial charge on any atom is -0.366 e. The molecule has 1 radical (unpaired) electrons. The summed E-state index contributed by atoms with van der Waals surface area (Å²) in [5.41, 5.74) is 5.03. The Hall–Kier alpha value is -1.38. The monoisotopic (exact) mass is 138 g/mol. The summed E-state index contributed by atoms with van der Waals surface area (Å²) in [5, 5.41) is 0. The van der Waals surface area contributed by atoms with Crippen molar-refractivity contribution >= 4 is 5.91 Å². The standard InChI is InChI=1S/C7H5FNO/c8-6-3-1-2-5(4-6)7(9)10/h1-2,4H,(H2,9,10). The highest BCUT2D eigenvalue weighted by Crippen LogP contribution is 2.00. The van der Waals surface area contributed by atoms with Crippen LogP contribution in [-0.4, -0.2) is 5.91 Å². The maximum Gasteiger partial charge on any atom is 0.248 e. The van der Waals surface area contributed by atoms with Crippen LogP contribution in [0.1, 0.15) is 10.4 Å². The van der Waals surface area contributed by atoms with E-state index in [-0.39, 0.29) is 5.56 Å². The minimum atomic E-state index is -0.632. The first-order chi connectivity index (χ1) is 4.70. The van der Waals surface area contributed by atoms with Crippen LogP contribution in [0, 0.1) is 11.9 Å². The van der Waals surface area contributed by atoms with Crippen molar-refractivity contribution in [3.63, 3.8) is 0 Å². The SMILES string of the molecule is NC(=O)c1cc[c]c(F)c1. The molecule has 1 aromatic rings. The van der Waals surface area contributed by atoms with Crippen LogP contribution >= 0.6 is 0 Å². The molecule has 1 amide bonds. The van der Waals surface area contributed by atoms with Gasteiger partial charge in [-0.15, -0.1) is 0 Å². The number of halogens is 1. The van der Waals surface area contributed by atoms with Gasteiger partial charge in [-0.2, -0.15) is 0 Å². The van der Waals surface area contributed by atoms with Gasteiger partial charge in [0.2, 0.25) is 5.91 Å². The molecular weight excluding hydrogens is 133 g/mol. The number of amides is 1. The molecule has 2 nitrogen and oxygen atoms in total. The molecule has 2 N–H and O–H groups in total. The van der Waals surface area contributed by atoms with E-state index in [9.17, 15) is 9.18 Å².